The van der Waals surface area contributed by atoms with E-state index in [0.717, 1.165) is 22.4 Å². The number of benzene rings is 3. The summed E-state index contributed by atoms with van der Waals surface area (Å²) in [7, 11) is 0. The summed E-state index contributed by atoms with van der Waals surface area (Å²) in [4.78, 5) is 21.1. The molecule has 0 spiro atoms. The Kier molecular flexibility index (Phi) is 5.82. The lowest BCUT2D eigenvalue weighted by Gasteiger charge is -2.11. The van der Waals surface area contributed by atoms with E-state index >= 15 is 0 Å². The summed E-state index contributed by atoms with van der Waals surface area (Å²) in [6, 6.07) is 24.6. The van der Waals surface area contributed by atoms with Gasteiger partial charge < -0.3 is 16.0 Å². The number of nitrogens with zero attached hydrogens (tertiary/aromatic N) is 2. The third-order valence-electron chi connectivity index (χ3n) is 5.23. The van der Waals surface area contributed by atoms with Gasteiger partial charge in [-0.3, -0.25) is 9.78 Å². The van der Waals surface area contributed by atoms with Crippen molar-refractivity contribution in [3.05, 3.63) is 115 Å². The van der Waals surface area contributed by atoms with Gasteiger partial charge in [-0.05, 0) is 78.2 Å². The van der Waals surface area contributed by atoms with Gasteiger partial charge >= 0.3 is 0 Å². The van der Waals surface area contributed by atoms with Crippen LogP contribution in [-0.2, 0) is 0 Å². The maximum atomic E-state index is 13.7. The van der Waals surface area contributed by atoms with Gasteiger partial charge in [-0.2, -0.15) is 0 Å². The molecule has 0 aliphatic rings. The summed E-state index contributed by atoms with van der Waals surface area (Å²) in [6.45, 7) is 0. The van der Waals surface area contributed by atoms with E-state index in [0.29, 0.717) is 22.5 Å². The predicted octanol–water partition coefficient (Wildman–Crippen LogP) is 6.51. The van der Waals surface area contributed by atoms with Crippen molar-refractivity contribution in [1.82, 2.24) is 9.97 Å². The maximum absolute atomic E-state index is 13.7. The quantitative estimate of drug-likeness (QED) is 0.275. The largest absolute Gasteiger partial charge is 0.355 e. The molecule has 0 saturated heterocycles. The van der Waals surface area contributed by atoms with Crippen molar-refractivity contribution in [3.8, 4) is 0 Å². The summed E-state index contributed by atoms with van der Waals surface area (Å²) in [5.74, 6) is 0.00120. The molecule has 2 aromatic heterocycles. The molecule has 0 aliphatic carbocycles. The lowest BCUT2D eigenvalue weighted by Crippen LogP contribution is -2.12. The van der Waals surface area contributed by atoms with Crippen LogP contribution in [0.15, 0.2) is 104 Å². The van der Waals surface area contributed by atoms with E-state index in [-0.39, 0.29) is 11.7 Å². The van der Waals surface area contributed by atoms with Crippen LogP contribution in [0.2, 0.25) is 0 Å². The average molecular weight is 449 g/mol. The summed E-state index contributed by atoms with van der Waals surface area (Å²) in [5, 5.41) is 11.0. The zero-order valence-corrected chi connectivity index (χ0v) is 18.0. The van der Waals surface area contributed by atoms with E-state index in [1.807, 2.05) is 42.5 Å². The second kappa shape index (κ2) is 9.38. The van der Waals surface area contributed by atoms with Crippen molar-refractivity contribution >= 4 is 45.2 Å². The van der Waals surface area contributed by atoms with E-state index < -0.39 is 0 Å². The third kappa shape index (κ3) is 4.83. The Morgan fingerprint density at radius 2 is 1.47 bits per heavy atom. The molecule has 0 bridgehead atoms. The molecular weight excluding hydrogens is 429 g/mol. The number of amides is 1. The van der Waals surface area contributed by atoms with Crippen LogP contribution in [0.4, 0.5) is 33.0 Å². The summed E-state index contributed by atoms with van der Waals surface area (Å²) in [5.41, 5.74) is 3.68. The van der Waals surface area contributed by atoms with Crippen LogP contribution in [0, 0.1) is 5.82 Å². The monoisotopic (exact) mass is 449 g/mol. The number of aromatic nitrogens is 2. The normalized spacial score (nSPS) is 10.6. The van der Waals surface area contributed by atoms with Crippen molar-refractivity contribution in [2.45, 2.75) is 0 Å². The summed E-state index contributed by atoms with van der Waals surface area (Å²) >= 11 is 0. The fourth-order valence-corrected chi connectivity index (χ4v) is 3.56. The topological polar surface area (TPSA) is 78.9 Å². The number of hydrogen-bond donors (Lipinski definition) is 3. The van der Waals surface area contributed by atoms with Crippen LogP contribution >= 0.6 is 0 Å². The number of hydrogen-bond acceptors (Lipinski definition) is 5. The summed E-state index contributed by atoms with van der Waals surface area (Å²) < 4.78 is 13.7. The predicted molar refractivity (Wildman–Crippen MR) is 133 cm³/mol. The Morgan fingerprint density at radius 1 is 0.706 bits per heavy atom. The molecule has 0 radical (unpaired) electrons. The average Bonchev–Trinajstić information content (AvgIpc) is 2.86. The van der Waals surface area contributed by atoms with Gasteiger partial charge in [-0.1, -0.05) is 12.1 Å². The Bertz CT molecular complexity index is 1460. The van der Waals surface area contributed by atoms with Gasteiger partial charge in [0.1, 0.15) is 11.6 Å². The molecule has 3 N–H and O–H groups in total. The molecule has 5 rings (SSSR count). The molecule has 0 fully saturated rings. The lowest BCUT2D eigenvalue weighted by molar-refractivity contribution is 0.102. The molecule has 0 aliphatic heterocycles. The van der Waals surface area contributed by atoms with E-state index in [4.69, 9.17) is 0 Å². The number of carbonyl (C=O) groups excluding carboxylic acids is 1. The van der Waals surface area contributed by atoms with Gasteiger partial charge in [0.2, 0.25) is 0 Å². The number of halogens is 1. The van der Waals surface area contributed by atoms with Gasteiger partial charge in [0, 0.05) is 52.3 Å². The first-order valence-electron chi connectivity index (χ1n) is 10.6. The molecule has 5 aromatic rings. The van der Waals surface area contributed by atoms with E-state index in [2.05, 4.69) is 25.9 Å². The SMILES string of the molecule is O=C(Nc1cccc(Nc2ccncc2)c1)c1ccc(Nc2nccc3ccc(F)cc23)cc1. The first kappa shape index (κ1) is 21.1. The second-order valence-electron chi connectivity index (χ2n) is 7.62. The third-order valence-corrected chi connectivity index (χ3v) is 5.23. The fraction of sp³-hybridized carbons (Fsp3) is 0. The van der Waals surface area contributed by atoms with E-state index in [1.54, 1.807) is 48.9 Å². The number of rotatable bonds is 6. The van der Waals surface area contributed by atoms with Crippen molar-refractivity contribution in [2.75, 3.05) is 16.0 Å². The van der Waals surface area contributed by atoms with E-state index in [1.165, 1.54) is 12.1 Å². The number of nitrogens with one attached hydrogen (secondary N) is 3. The summed E-state index contributed by atoms with van der Waals surface area (Å²) in [6.07, 6.45) is 5.09. The van der Waals surface area contributed by atoms with Crippen LogP contribution in [0.25, 0.3) is 10.8 Å². The number of carbonyl (C=O) groups is 1. The highest BCUT2D eigenvalue weighted by Gasteiger charge is 2.09. The highest BCUT2D eigenvalue weighted by atomic mass is 19.1. The molecule has 6 nitrogen and oxygen atoms in total. The molecule has 34 heavy (non-hydrogen) atoms. The minimum absolute atomic E-state index is 0.224. The highest BCUT2D eigenvalue weighted by molar-refractivity contribution is 6.04. The van der Waals surface area contributed by atoms with Crippen molar-refractivity contribution in [2.24, 2.45) is 0 Å². The Hall–Kier alpha value is -4.78. The smallest absolute Gasteiger partial charge is 0.255 e. The van der Waals surface area contributed by atoms with Crippen molar-refractivity contribution < 1.29 is 9.18 Å². The zero-order chi connectivity index (χ0) is 23.3. The van der Waals surface area contributed by atoms with Crippen molar-refractivity contribution in [3.63, 3.8) is 0 Å². The van der Waals surface area contributed by atoms with Crippen LogP contribution in [0.3, 0.4) is 0 Å². The van der Waals surface area contributed by atoms with Crippen LogP contribution in [0.1, 0.15) is 10.4 Å². The maximum Gasteiger partial charge on any atom is 0.255 e. The van der Waals surface area contributed by atoms with Crippen LogP contribution in [0.5, 0.6) is 0 Å². The first-order valence-corrected chi connectivity index (χ1v) is 10.6. The molecular formula is C27H20FN5O. The van der Waals surface area contributed by atoms with E-state index in [9.17, 15) is 9.18 Å². The number of anilines is 5. The second-order valence-corrected chi connectivity index (χ2v) is 7.62. The molecule has 2 heterocycles. The van der Waals surface area contributed by atoms with Gasteiger partial charge in [0.25, 0.3) is 5.91 Å². The molecule has 7 heteroatoms. The minimum Gasteiger partial charge on any atom is -0.355 e. The fourth-order valence-electron chi connectivity index (χ4n) is 3.56. The van der Waals surface area contributed by atoms with Crippen molar-refractivity contribution in [1.29, 1.82) is 0 Å². The van der Waals surface area contributed by atoms with Gasteiger partial charge in [0.15, 0.2) is 0 Å². The number of pyridine rings is 2. The highest BCUT2D eigenvalue weighted by Crippen LogP contribution is 2.25. The molecule has 0 atom stereocenters. The molecule has 166 valence electrons. The Balaban J connectivity index is 1.27. The zero-order valence-electron chi connectivity index (χ0n) is 18.0. The minimum atomic E-state index is -0.324. The number of fused-ring (bicyclic) bond motifs is 1. The molecule has 0 unspecified atom stereocenters. The van der Waals surface area contributed by atoms with Crippen LogP contribution < -0.4 is 16.0 Å². The van der Waals surface area contributed by atoms with Gasteiger partial charge in [-0.15, -0.1) is 0 Å². The molecule has 0 saturated carbocycles. The lowest BCUT2D eigenvalue weighted by atomic mass is 10.1. The molecule has 3 aromatic carbocycles. The van der Waals surface area contributed by atoms with Crippen LogP contribution in [-0.4, -0.2) is 15.9 Å². The standard InChI is InChI=1S/C27H20FN5O/c28-20-7-4-18-10-15-30-26(25(18)16-20)32-21-8-5-19(6-9-21)27(34)33-24-3-1-2-23(17-24)31-22-11-13-29-14-12-22/h1-17H,(H,29,31)(H,30,32)(H,33,34). The first-order chi connectivity index (χ1) is 16.6. The Morgan fingerprint density at radius 3 is 2.29 bits per heavy atom. The van der Waals surface area contributed by atoms with Gasteiger partial charge in [0.05, 0.1) is 0 Å². The molecule has 1 amide bonds. The van der Waals surface area contributed by atoms with Gasteiger partial charge in [-0.25, -0.2) is 9.37 Å². The Labute approximate surface area is 195 Å².